The fourth-order valence-corrected chi connectivity index (χ4v) is 2.43. The van der Waals surface area contributed by atoms with Gasteiger partial charge in [0.1, 0.15) is 5.54 Å². The van der Waals surface area contributed by atoms with Crippen molar-refractivity contribution in [3.8, 4) is 0 Å². The van der Waals surface area contributed by atoms with E-state index in [1.807, 2.05) is 32.4 Å². The maximum Gasteiger partial charge on any atom is 0.326 e. The van der Waals surface area contributed by atoms with E-state index in [1.54, 1.807) is 0 Å². The molecule has 0 aliphatic heterocycles. The van der Waals surface area contributed by atoms with Gasteiger partial charge in [-0.25, -0.2) is 0 Å². The van der Waals surface area contributed by atoms with Gasteiger partial charge in [0.05, 0.1) is 12.3 Å². The highest BCUT2D eigenvalue weighted by molar-refractivity contribution is 5.80. The van der Waals surface area contributed by atoms with Crippen LogP contribution in [-0.2, 0) is 16.1 Å². The molecule has 1 aromatic rings. The van der Waals surface area contributed by atoms with Crippen molar-refractivity contribution >= 4 is 5.97 Å². The molecule has 0 radical (unpaired) electrons. The summed E-state index contributed by atoms with van der Waals surface area (Å²) in [5.41, 5.74) is 1.58. The van der Waals surface area contributed by atoms with Crippen molar-refractivity contribution in [2.24, 2.45) is 0 Å². The highest BCUT2D eigenvalue weighted by Gasteiger charge is 2.33. The predicted molar refractivity (Wildman–Crippen MR) is 79.6 cm³/mol. The summed E-state index contributed by atoms with van der Waals surface area (Å²) in [5.74, 6) is -0.171. The summed E-state index contributed by atoms with van der Waals surface area (Å²) < 4.78 is 7.16. The summed E-state index contributed by atoms with van der Waals surface area (Å²) in [6, 6.07) is 2.06. The van der Waals surface area contributed by atoms with E-state index in [0.29, 0.717) is 6.61 Å². The van der Waals surface area contributed by atoms with E-state index in [9.17, 15) is 4.79 Å². The van der Waals surface area contributed by atoms with Crippen LogP contribution >= 0.6 is 0 Å². The van der Waals surface area contributed by atoms with Crippen molar-refractivity contribution in [2.45, 2.75) is 59.5 Å². The number of nitrogens with one attached hydrogen (secondary N) is 1. The minimum Gasteiger partial charge on any atom is -0.465 e. The van der Waals surface area contributed by atoms with Gasteiger partial charge in [-0.2, -0.15) is 5.10 Å². The third-order valence-electron chi connectivity index (χ3n) is 3.44. The summed E-state index contributed by atoms with van der Waals surface area (Å²) >= 11 is 0. The first-order valence-electron chi connectivity index (χ1n) is 7.36. The van der Waals surface area contributed by atoms with Gasteiger partial charge in [0.2, 0.25) is 0 Å². The lowest BCUT2D eigenvalue weighted by molar-refractivity contribution is -0.150. The molecule has 0 saturated heterocycles. The molecule has 5 heteroatoms. The van der Waals surface area contributed by atoms with Gasteiger partial charge in [0.15, 0.2) is 0 Å². The van der Waals surface area contributed by atoms with Gasteiger partial charge in [-0.1, -0.05) is 6.92 Å². The molecule has 1 heterocycles. The largest absolute Gasteiger partial charge is 0.465 e. The average molecular weight is 281 g/mol. The van der Waals surface area contributed by atoms with Crippen molar-refractivity contribution < 1.29 is 9.53 Å². The van der Waals surface area contributed by atoms with E-state index in [4.69, 9.17) is 4.74 Å². The number of hydrogen-bond donors (Lipinski definition) is 1. The minimum atomic E-state index is -0.610. The van der Waals surface area contributed by atoms with E-state index >= 15 is 0 Å². The second kappa shape index (κ2) is 7.43. The minimum absolute atomic E-state index is 0.171. The topological polar surface area (TPSA) is 56.2 Å². The van der Waals surface area contributed by atoms with Gasteiger partial charge in [-0.15, -0.1) is 0 Å². The van der Waals surface area contributed by atoms with Gasteiger partial charge >= 0.3 is 5.97 Å². The second-order valence-electron chi connectivity index (χ2n) is 5.34. The van der Waals surface area contributed by atoms with Gasteiger partial charge in [-0.05, 0) is 53.1 Å². The molecule has 0 saturated carbocycles. The van der Waals surface area contributed by atoms with Crippen molar-refractivity contribution in [1.82, 2.24) is 15.1 Å². The molecule has 0 aromatic carbocycles. The molecule has 0 bridgehead atoms. The number of carbonyl (C=O) groups excluding carboxylic acids is 1. The van der Waals surface area contributed by atoms with Gasteiger partial charge in [0, 0.05) is 12.2 Å². The van der Waals surface area contributed by atoms with Crippen LogP contribution in [-0.4, -0.2) is 34.4 Å². The Morgan fingerprint density at radius 1 is 1.45 bits per heavy atom. The van der Waals surface area contributed by atoms with Gasteiger partial charge < -0.3 is 10.1 Å². The first kappa shape index (κ1) is 16.7. The van der Waals surface area contributed by atoms with Crippen LogP contribution in [0.4, 0.5) is 0 Å². The molecule has 20 heavy (non-hydrogen) atoms. The fourth-order valence-electron chi connectivity index (χ4n) is 2.43. The normalized spacial score (nSPS) is 14.1. The summed E-state index contributed by atoms with van der Waals surface area (Å²) in [6.07, 6.45) is 1.61. The zero-order valence-electron chi connectivity index (χ0n) is 13.3. The summed E-state index contributed by atoms with van der Waals surface area (Å²) in [4.78, 5) is 12.1. The Balaban J connectivity index is 2.58. The van der Waals surface area contributed by atoms with E-state index < -0.39 is 5.54 Å². The zero-order valence-corrected chi connectivity index (χ0v) is 13.3. The summed E-state index contributed by atoms with van der Waals surface area (Å²) in [6.45, 7) is 11.8. The fraction of sp³-hybridized carbons (Fsp3) is 0.733. The van der Waals surface area contributed by atoms with E-state index in [-0.39, 0.29) is 5.97 Å². The Bertz CT molecular complexity index is 442. The van der Waals surface area contributed by atoms with Crippen molar-refractivity contribution in [3.63, 3.8) is 0 Å². The Hall–Kier alpha value is -1.36. The standard InChI is InChI=1S/C15H27N3O2/c1-6-16-15(5,14(19)20-7-2)9-8-10-18-13(4)11-12(3)17-18/h11,16H,6-10H2,1-5H3. The Labute approximate surface area is 121 Å². The highest BCUT2D eigenvalue weighted by atomic mass is 16.5. The molecule has 0 aliphatic carbocycles. The third-order valence-corrected chi connectivity index (χ3v) is 3.44. The second-order valence-corrected chi connectivity index (χ2v) is 5.34. The molecule has 1 unspecified atom stereocenters. The molecule has 0 fully saturated rings. The summed E-state index contributed by atoms with van der Waals surface area (Å²) in [7, 11) is 0. The molecule has 1 N–H and O–H groups in total. The van der Waals surface area contributed by atoms with Gasteiger partial charge in [-0.3, -0.25) is 9.48 Å². The Morgan fingerprint density at radius 3 is 2.65 bits per heavy atom. The Kier molecular flexibility index (Phi) is 6.20. The predicted octanol–water partition coefficient (Wildman–Crippen LogP) is 2.21. The number of aromatic nitrogens is 2. The molecule has 1 atom stereocenters. The van der Waals surface area contributed by atoms with Crippen LogP contribution in [0.15, 0.2) is 6.07 Å². The van der Waals surface area contributed by atoms with Crippen molar-refractivity contribution in [3.05, 3.63) is 17.5 Å². The first-order valence-corrected chi connectivity index (χ1v) is 7.36. The van der Waals surface area contributed by atoms with Crippen LogP contribution in [0.2, 0.25) is 0 Å². The lowest BCUT2D eigenvalue weighted by atomic mass is 9.95. The first-order chi connectivity index (χ1) is 9.42. The number of rotatable bonds is 8. The SMILES string of the molecule is CCNC(C)(CCCn1nc(C)cc1C)C(=O)OCC. The van der Waals surface area contributed by atoms with Crippen LogP contribution in [0.25, 0.3) is 0 Å². The van der Waals surface area contributed by atoms with Crippen LogP contribution < -0.4 is 5.32 Å². The number of esters is 1. The number of nitrogens with zero attached hydrogens (tertiary/aromatic N) is 2. The molecule has 0 aliphatic rings. The molecular weight excluding hydrogens is 254 g/mol. The smallest absolute Gasteiger partial charge is 0.326 e. The van der Waals surface area contributed by atoms with E-state index in [1.165, 1.54) is 0 Å². The van der Waals surface area contributed by atoms with Crippen LogP contribution in [0.5, 0.6) is 0 Å². The number of likely N-dealkylation sites (N-methyl/N-ethyl adjacent to an activating group) is 1. The third kappa shape index (κ3) is 4.34. The summed E-state index contributed by atoms with van der Waals surface area (Å²) in [5, 5.41) is 7.68. The Morgan fingerprint density at radius 2 is 2.15 bits per heavy atom. The monoisotopic (exact) mass is 281 g/mol. The van der Waals surface area contributed by atoms with Crippen LogP contribution in [0.1, 0.15) is 45.0 Å². The van der Waals surface area contributed by atoms with Crippen molar-refractivity contribution in [2.75, 3.05) is 13.2 Å². The molecular formula is C15H27N3O2. The lowest BCUT2D eigenvalue weighted by Gasteiger charge is -2.28. The number of carbonyl (C=O) groups is 1. The number of aryl methyl sites for hydroxylation is 3. The van der Waals surface area contributed by atoms with Crippen LogP contribution in [0, 0.1) is 13.8 Å². The average Bonchev–Trinajstić information content (AvgIpc) is 2.68. The molecule has 0 amide bonds. The maximum atomic E-state index is 12.1. The van der Waals surface area contributed by atoms with E-state index in [2.05, 4.69) is 23.4 Å². The molecule has 1 aromatic heterocycles. The molecule has 5 nitrogen and oxygen atoms in total. The molecule has 0 spiro atoms. The number of hydrogen-bond acceptors (Lipinski definition) is 4. The quantitative estimate of drug-likeness (QED) is 0.742. The maximum absolute atomic E-state index is 12.1. The number of ether oxygens (including phenoxy) is 1. The lowest BCUT2D eigenvalue weighted by Crippen LogP contribution is -2.50. The highest BCUT2D eigenvalue weighted by Crippen LogP contribution is 2.16. The van der Waals surface area contributed by atoms with Crippen LogP contribution in [0.3, 0.4) is 0 Å². The zero-order chi connectivity index (χ0) is 15.2. The van der Waals surface area contributed by atoms with E-state index in [0.717, 1.165) is 37.3 Å². The molecule has 1 rings (SSSR count). The van der Waals surface area contributed by atoms with Crippen molar-refractivity contribution in [1.29, 1.82) is 0 Å². The van der Waals surface area contributed by atoms with Gasteiger partial charge in [0.25, 0.3) is 0 Å². The molecule has 114 valence electrons.